The largest absolute Gasteiger partial charge is 0.506 e. The number of aromatic hydroxyl groups is 1. The van der Waals surface area contributed by atoms with Crippen LogP contribution in [0.3, 0.4) is 0 Å². The van der Waals surface area contributed by atoms with Crippen LogP contribution in [0.25, 0.3) is 33.4 Å². The molecule has 0 amide bonds. The third kappa shape index (κ3) is 2.23. The first-order valence-electron chi connectivity index (χ1n) is 7.59. The maximum atomic E-state index is 11.9. The summed E-state index contributed by atoms with van der Waals surface area (Å²) in [7, 11) is 0. The normalized spacial score (nSPS) is 11.2. The van der Waals surface area contributed by atoms with Gasteiger partial charge in [0.1, 0.15) is 17.1 Å². The van der Waals surface area contributed by atoms with Crippen molar-refractivity contribution in [2.75, 3.05) is 17.2 Å². The molecule has 124 valence electrons. The number of hydrogen-bond acceptors (Lipinski definition) is 6. The van der Waals surface area contributed by atoms with Crippen molar-refractivity contribution in [3.8, 4) is 28.2 Å². The van der Waals surface area contributed by atoms with Gasteiger partial charge in [-0.05, 0) is 18.2 Å². The number of anilines is 3. The Labute approximate surface area is 142 Å². The van der Waals surface area contributed by atoms with Gasteiger partial charge in [0.05, 0.1) is 11.4 Å². The molecule has 1 aliphatic heterocycles. The molecule has 1 aliphatic carbocycles. The van der Waals surface area contributed by atoms with Crippen LogP contribution in [0, 0.1) is 0 Å². The van der Waals surface area contributed by atoms with E-state index in [0.29, 0.717) is 28.0 Å². The molecule has 2 aromatic carbocycles. The van der Waals surface area contributed by atoms with Gasteiger partial charge in [0.25, 0.3) is 0 Å². The van der Waals surface area contributed by atoms with Crippen LogP contribution in [0.1, 0.15) is 0 Å². The van der Waals surface area contributed by atoms with E-state index in [4.69, 9.17) is 21.6 Å². The molecule has 0 atom stereocenters. The van der Waals surface area contributed by atoms with Crippen LogP contribution in [0.5, 0.6) is 5.75 Å². The Bertz CT molecular complexity index is 1160. The van der Waals surface area contributed by atoms with E-state index >= 15 is 0 Å². The molecule has 0 fully saturated rings. The van der Waals surface area contributed by atoms with Crippen LogP contribution < -0.4 is 22.6 Å². The fourth-order valence-corrected chi connectivity index (χ4v) is 3.00. The molecular weight excluding hydrogens is 318 g/mol. The predicted molar refractivity (Wildman–Crippen MR) is 99.4 cm³/mol. The zero-order valence-electron chi connectivity index (χ0n) is 13.1. The van der Waals surface area contributed by atoms with Crippen LogP contribution in [-0.4, -0.2) is 5.11 Å². The quantitative estimate of drug-likeness (QED) is 0.241. The molecular formula is C19H15N3O3. The summed E-state index contributed by atoms with van der Waals surface area (Å²) in [5.74, 6) is 0.259. The van der Waals surface area contributed by atoms with Crippen molar-refractivity contribution in [2.45, 2.75) is 0 Å². The number of rotatable bonds is 1. The number of phenols is 1. The lowest BCUT2D eigenvalue weighted by Gasteiger charge is -2.17. The molecule has 2 aliphatic rings. The van der Waals surface area contributed by atoms with Gasteiger partial charge in [0, 0.05) is 39.9 Å². The highest BCUT2D eigenvalue weighted by Crippen LogP contribution is 2.44. The van der Waals surface area contributed by atoms with Gasteiger partial charge in [-0.1, -0.05) is 18.2 Å². The Morgan fingerprint density at radius 1 is 0.840 bits per heavy atom. The minimum Gasteiger partial charge on any atom is -0.506 e. The Morgan fingerprint density at radius 3 is 2.36 bits per heavy atom. The number of nitrogen functional groups attached to an aromatic ring is 3. The second-order valence-electron chi connectivity index (χ2n) is 5.86. The highest BCUT2D eigenvalue weighted by molar-refractivity contribution is 6.06. The molecule has 7 N–H and O–H groups in total. The van der Waals surface area contributed by atoms with Crippen LogP contribution in [0.4, 0.5) is 17.1 Å². The molecule has 2 aromatic rings. The van der Waals surface area contributed by atoms with E-state index in [0.717, 1.165) is 11.1 Å². The maximum Gasteiger partial charge on any atom is 0.205 e. The number of phenolic OH excluding ortho intramolecular Hbond substituents is 1. The van der Waals surface area contributed by atoms with Crippen molar-refractivity contribution < 1.29 is 9.52 Å². The Hall–Kier alpha value is -3.67. The number of para-hydroxylation sites is 1. The third-order valence-corrected chi connectivity index (χ3v) is 4.23. The van der Waals surface area contributed by atoms with Crippen molar-refractivity contribution in [1.29, 1.82) is 0 Å². The van der Waals surface area contributed by atoms with Gasteiger partial charge in [-0.25, -0.2) is 0 Å². The van der Waals surface area contributed by atoms with Crippen LogP contribution in [0.2, 0.25) is 0 Å². The highest BCUT2D eigenvalue weighted by atomic mass is 16.3. The van der Waals surface area contributed by atoms with Gasteiger partial charge in [0.2, 0.25) is 5.43 Å². The molecule has 0 saturated carbocycles. The zero-order valence-corrected chi connectivity index (χ0v) is 13.1. The molecule has 4 rings (SSSR count). The van der Waals surface area contributed by atoms with E-state index in [1.807, 2.05) is 18.2 Å². The van der Waals surface area contributed by atoms with Crippen molar-refractivity contribution >= 4 is 28.0 Å². The van der Waals surface area contributed by atoms with E-state index in [1.54, 1.807) is 18.2 Å². The molecule has 6 heteroatoms. The molecule has 25 heavy (non-hydrogen) atoms. The van der Waals surface area contributed by atoms with Crippen LogP contribution >= 0.6 is 0 Å². The van der Waals surface area contributed by atoms with E-state index in [9.17, 15) is 9.90 Å². The Balaban J connectivity index is 2.27. The standard InChI is InChI=1S/C19H15N3O3/c20-12-4-2-1-3-9(12)19-10-5-13(21)15(23)7-17(10)25-18-8-16(24)14(22)6-11(18)19/h1-8,23H,20-22H2. The lowest BCUT2D eigenvalue weighted by molar-refractivity contribution is 0.477. The van der Waals surface area contributed by atoms with Crippen molar-refractivity contribution in [3.63, 3.8) is 0 Å². The van der Waals surface area contributed by atoms with E-state index in [-0.39, 0.29) is 22.6 Å². The molecule has 0 saturated heterocycles. The van der Waals surface area contributed by atoms with Crippen molar-refractivity contribution in [2.24, 2.45) is 0 Å². The van der Waals surface area contributed by atoms with Crippen LogP contribution in [-0.2, 0) is 0 Å². The van der Waals surface area contributed by atoms with E-state index in [2.05, 4.69) is 0 Å². The fraction of sp³-hybridized carbons (Fsp3) is 0. The second kappa shape index (κ2) is 5.17. The van der Waals surface area contributed by atoms with Crippen LogP contribution in [0.15, 0.2) is 57.7 Å². The molecule has 1 heterocycles. The maximum absolute atomic E-state index is 11.9. The Morgan fingerprint density at radius 2 is 1.60 bits per heavy atom. The van der Waals surface area contributed by atoms with Gasteiger partial charge in [0.15, 0.2) is 0 Å². The highest BCUT2D eigenvalue weighted by Gasteiger charge is 2.20. The summed E-state index contributed by atoms with van der Waals surface area (Å²) in [4.78, 5) is 11.9. The minimum absolute atomic E-state index is 0.0969. The first-order chi connectivity index (χ1) is 12.0. The second-order valence-corrected chi connectivity index (χ2v) is 5.86. The Kier molecular flexibility index (Phi) is 3.08. The molecule has 0 radical (unpaired) electrons. The smallest absolute Gasteiger partial charge is 0.205 e. The van der Waals surface area contributed by atoms with Gasteiger partial charge in [-0.3, -0.25) is 4.79 Å². The third-order valence-electron chi connectivity index (χ3n) is 4.23. The predicted octanol–water partition coefficient (Wildman–Crippen LogP) is 3.02. The average molecular weight is 333 g/mol. The van der Waals surface area contributed by atoms with E-state index in [1.165, 1.54) is 12.1 Å². The van der Waals surface area contributed by atoms with Gasteiger partial charge >= 0.3 is 0 Å². The topological polar surface area (TPSA) is 128 Å². The first-order valence-corrected chi connectivity index (χ1v) is 7.59. The zero-order chi connectivity index (χ0) is 17.7. The lowest BCUT2D eigenvalue weighted by atomic mass is 9.92. The summed E-state index contributed by atoms with van der Waals surface area (Å²) in [5.41, 5.74) is 21.0. The summed E-state index contributed by atoms with van der Waals surface area (Å²) in [6.45, 7) is 0. The SMILES string of the molecule is Nc1cc2c(-c3ccccc3N)c3cc(N)c(=O)cc-3oc2cc1O. The van der Waals surface area contributed by atoms with Gasteiger partial charge in [-0.2, -0.15) is 0 Å². The summed E-state index contributed by atoms with van der Waals surface area (Å²) in [6, 6.07) is 13.3. The lowest BCUT2D eigenvalue weighted by Crippen LogP contribution is -2.08. The molecule has 0 aromatic heterocycles. The monoisotopic (exact) mass is 333 g/mol. The number of fused-ring (bicyclic) bond motifs is 2. The summed E-state index contributed by atoms with van der Waals surface area (Å²) < 4.78 is 5.81. The number of benzene rings is 3. The molecule has 0 unspecified atom stereocenters. The summed E-state index contributed by atoms with van der Waals surface area (Å²) in [6.07, 6.45) is 0. The molecule has 0 bridgehead atoms. The summed E-state index contributed by atoms with van der Waals surface area (Å²) >= 11 is 0. The summed E-state index contributed by atoms with van der Waals surface area (Å²) in [5, 5.41) is 10.6. The number of hydrogen-bond donors (Lipinski definition) is 4. The van der Waals surface area contributed by atoms with Gasteiger partial charge < -0.3 is 26.7 Å². The molecule has 0 spiro atoms. The fourth-order valence-electron chi connectivity index (χ4n) is 3.00. The first kappa shape index (κ1) is 14.9. The van der Waals surface area contributed by atoms with Crippen molar-refractivity contribution in [3.05, 3.63) is 58.8 Å². The number of nitrogens with two attached hydrogens (primary N) is 3. The minimum atomic E-state index is -0.331. The van der Waals surface area contributed by atoms with E-state index < -0.39 is 0 Å². The molecule has 6 nitrogen and oxygen atoms in total. The van der Waals surface area contributed by atoms with Gasteiger partial charge in [-0.15, -0.1) is 0 Å². The van der Waals surface area contributed by atoms with Crippen molar-refractivity contribution in [1.82, 2.24) is 0 Å². The average Bonchev–Trinajstić information content (AvgIpc) is 2.57.